The standard InChI is InChI=1S/3C27H32N6O5/c3*1-32(26(35)20-7-10-38-17-20)15-21-11-19-5-3-8-33(25(19)30-23(21)16-34)27(36)31-24-12-18(6-4-9-37-2)22(13-28)14-29-24/h3*11-12,14,16,20H,3-10,15,17H2,1-2H3,(H,29,31,36)/t2*20-;/m10./s1. The minimum atomic E-state index is -0.420. The Morgan fingerprint density at radius 3 is 0.974 bits per heavy atom. The maximum absolute atomic E-state index is 13.3. The molecule has 3 atom stereocenters. The summed E-state index contributed by atoms with van der Waals surface area (Å²) in [5.74, 6) is 1.71. The normalized spacial score (nSPS) is 16.4. The first-order chi connectivity index (χ1) is 55.3. The molecule has 6 aromatic rings. The Morgan fingerprint density at radius 1 is 0.456 bits per heavy atom. The number of fused-ring (bicyclic) bond motifs is 3. The van der Waals surface area contributed by atoms with Crippen molar-refractivity contribution < 1.29 is 71.6 Å². The number of carbonyl (C=O) groups is 9. The highest BCUT2D eigenvalue weighted by Gasteiger charge is 2.34. The van der Waals surface area contributed by atoms with Crippen LogP contribution in [0.5, 0.6) is 0 Å². The highest BCUT2D eigenvalue weighted by atomic mass is 16.5. The van der Waals surface area contributed by atoms with Gasteiger partial charge in [-0.2, -0.15) is 15.8 Å². The molecule has 33 nitrogen and oxygen atoms in total. The molecule has 6 aliphatic heterocycles. The molecule has 0 radical (unpaired) electrons. The molecule has 0 aliphatic carbocycles. The molecule has 12 rings (SSSR count). The lowest BCUT2D eigenvalue weighted by atomic mass is 10.0. The maximum atomic E-state index is 13.3. The molecular formula is C81H96N18O15. The molecule has 0 saturated carbocycles. The number of ether oxygens (including phenoxy) is 6. The number of methoxy groups -OCH3 is 3. The molecular weight excluding hydrogens is 1470 g/mol. The molecule has 6 aliphatic rings. The van der Waals surface area contributed by atoms with Gasteiger partial charge in [0.2, 0.25) is 17.7 Å². The van der Waals surface area contributed by atoms with Gasteiger partial charge in [-0.15, -0.1) is 0 Å². The third kappa shape index (κ3) is 21.8. The fourth-order valence-corrected chi connectivity index (χ4v) is 14.4. The molecule has 33 heteroatoms. The third-order valence-corrected chi connectivity index (χ3v) is 20.5. The average molecular weight is 1560 g/mol. The first kappa shape index (κ1) is 84.8. The summed E-state index contributed by atoms with van der Waals surface area (Å²) < 4.78 is 31.3. The van der Waals surface area contributed by atoms with Gasteiger partial charge in [0, 0.05) is 157 Å². The molecule has 0 bridgehead atoms. The SMILES string of the molecule is COCCCc1cc(NC(=O)N2CCCc3cc(CN(C)C(=O)C4CCOC4)c(C=O)nc32)ncc1C#N.COCCCc1cc(NC(=O)N2CCCc3cc(CN(C)C(=O)[C@@H]4CCOC4)c(C=O)nc32)ncc1C#N.COCCCc1cc(NC(=O)N2CCCc3cc(CN(C)C(=O)[C@H]4CCOC4)c(C=O)nc32)ncc1C#N. The van der Waals surface area contributed by atoms with Gasteiger partial charge in [-0.25, -0.2) is 44.3 Å². The lowest BCUT2D eigenvalue weighted by molar-refractivity contribution is -0.135. The van der Waals surface area contributed by atoms with E-state index < -0.39 is 18.1 Å². The Balaban J connectivity index is 0.000000181. The maximum Gasteiger partial charge on any atom is 0.328 e. The van der Waals surface area contributed by atoms with E-state index in [1.807, 2.05) is 18.2 Å². The predicted octanol–water partition coefficient (Wildman–Crippen LogP) is 8.16. The van der Waals surface area contributed by atoms with E-state index >= 15 is 0 Å². The van der Waals surface area contributed by atoms with Crippen LogP contribution in [-0.4, -0.2) is 221 Å². The Labute approximate surface area is 661 Å². The van der Waals surface area contributed by atoms with Crippen LogP contribution in [0.2, 0.25) is 0 Å². The summed E-state index contributed by atoms with van der Waals surface area (Å²) in [6, 6.07) is 15.9. The van der Waals surface area contributed by atoms with E-state index in [1.165, 1.54) is 33.3 Å². The molecule has 0 aromatic carbocycles. The van der Waals surface area contributed by atoms with Crippen molar-refractivity contribution in [1.82, 2.24) is 44.6 Å². The largest absolute Gasteiger partial charge is 0.385 e. The zero-order valence-corrected chi connectivity index (χ0v) is 65.2. The van der Waals surface area contributed by atoms with Crippen LogP contribution in [-0.2, 0) is 101 Å². The third-order valence-electron chi connectivity index (χ3n) is 20.5. The number of nitrogens with one attached hydrogen (secondary N) is 3. The number of hydrogen-bond acceptors (Lipinski definition) is 24. The van der Waals surface area contributed by atoms with Crippen LogP contribution in [0.1, 0.15) is 156 Å². The first-order valence-corrected chi connectivity index (χ1v) is 38.2. The molecule has 3 saturated heterocycles. The van der Waals surface area contributed by atoms with Crippen molar-refractivity contribution in [1.29, 1.82) is 15.8 Å². The second-order valence-electron chi connectivity index (χ2n) is 28.5. The van der Waals surface area contributed by atoms with E-state index in [0.29, 0.717) is 224 Å². The van der Waals surface area contributed by atoms with Crippen molar-refractivity contribution in [2.75, 3.05) is 152 Å². The van der Waals surface area contributed by atoms with Gasteiger partial charge >= 0.3 is 18.1 Å². The summed E-state index contributed by atoms with van der Waals surface area (Å²) in [6.07, 6.45) is 16.7. The van der Waals surface area contributed by atoms with Gasteiger partial charge in [-0.3, -0.25) is 59.4 Å². The second-order valence-corrected chi connectivity index (χ2v) is 28.5. The number of pyridine rings is 6. The number of aryl methyl sites for hydroxylation is 6. The number of rotatable bonds is 27. The Bertz CT molecular complexity index is 4170. The summed E-state index contributed by atoms with van der Waals surface area (Å²) in [4.78, 5) is 149. The molecule has 1 unspecified atom stereocenters. The summed E-state index contributed by atoms with van der Waals surface area (Å²) in [5.41, 5.74) is 8.74. The number of carbonyl (C=O) groups excluding carboxylic acids is 9. The highest BCUT2D eigenvalue weighted by molar-refractivity contribution is 6.03. The van der Waals surface area contributed by atoms with Crippen LogP contribution < -0.4 is 30.7 Å². The minimum Gasteiger partial charge on any atom is -0.385 e. The number of aldehydes is 3. The smallest absolute Gasteiger partial charge is 0.328 e. The highest BCUT2D eigenvalue weighted by Crippen LogP contribution is 2.34. The Hall–Kier alpha value is -11.6. The summed E-state index contributed by atoms with van der Waals surface area (Å²) in [6.45, 7) is 6.70. The van der Waals surface area contributed by atoms with E-state index in [9.17, 15) is 58.9 Å². The monoisotopic (exact) mass is 1560 g/mol. The number of anilines is 6. The number of amides is 9. The van der Waals surface area contributed by atoms with Crippen molar-refractivity contribution in [3.05, 3.63) is 139 Å². The Morgan fingerprint density at radius 2 is 0.737 bits per heavy atom. The Kier molecular flexibility index (Phi) is 31.1. The molecule has 3 N–H and O–H groups in total. The molecule has 114 heavy (non-hydrogen) atoms. The van der Waals surface area contributed by atoms with E-state index in [2.05, 4.69) is 64.1 Å². The van der Waals surface area contributed by atoms with E-state index in [-0.39, 0.29) is 72.2 Å². The van der Waals surface area contributed by atoms with Gasteiger partial charge in [-0.05, 0) is 166 Å². The van der Waals surface area contributed by atoms with Gasteiger partial charge < -0.3 is 43.1 Å². The van der Waals surface area contributed by atoms with Gasteiger partial charge in [0.05, 0.1) is 54.3 Å². The van der Waals surface area contributed by atoms with Crippen molar-refractivity contribution in [3.63, 3.8) is 0 Å². The number of nitrogens with zero attached hydrogens (tertiary/aromatic N) is 15. The minimum absolute atomic E-state index is 0.0189. The van der Waals surface area contributed by atoms with Crippen molar-refractivity contribution in [2.24, 2.45) is 17.8 Å². The quantitative estimate of drug-likeness (QED) is 0.0323. The zero-order valence-electron chi connectivity index (χ0n) is 65.2. The number of urea groups is 3. The fraction of sp³-hybridized carbons (Fsp3) is 0.481. The molecule has 3 fully saturated rings. The predicted molar refractivity (Wildman–Crippen MR) is 417 cm³/mol. The second kappa shape index (κ2) is 41.8. The van der Waals surface area contributed by atoms with Gasteiger partial charge in [0.15, 0.2) is 18.9 Å². The van der Waals surface area contributed by atoms with Crippen molar-refractivity contribution in [2.45, 2.75) is 116 Å². The molecule has 600 valence electrons. The van der Waals surface area contributed by atoms with Crippen molar-refractivity contribution in [3.8, 4) is 18.2 Å². The van der Waals surface area contributed by atoms with E-state index in [4.69, 9.17) is 28.4 Å². The van der Waals surface area contributed by atoms with Gasteiger partial charge in [0.1, 0.15) is 70.2 Å². The summed E-state index contributed by atoms with van der Waals surface area (Å²) in [7, 11) is 10.00. The van der Waals surface area contributed by atoms with Gasteiger partial charge in [-0.1, -0.05) is 0 Å². The number of nitriles is 3. The fourth-order valence-electron chi connectivity index (χ4n) is 14.4. The lowest BCUT2D eigenvalue weighted by Gasteiger charge is -2.29. The molecule has 6 aromatic heterocycles. The summed E-state index contributed by atoms with van der Waals surface area (Å²) in [5, 5.41) is 36.6. The van der Waals surface area contributed by atoms with Crippen LogP contribution in [0.4, 0.5) is 49.3 Å². The first-order valence-electron chi connectivity index (χ1n) is 38.2. The topological polar surface area (TPSA) is 413 Å². The van der Waals surface area contributed by atoms with E-state index in [1.54, 1.807) is 75.4 Å². The van der Waals surface area contributed by atoms with Crippen molar-refractivity contribution >= 4 is 89.6 Å². The van der Waals surface area contributed by atoms with Crippen LogP contribution >= 0.6 is 0 Å². The van der Waals surface area contributed by atoms with Crippen LogP contribution in [0, 0.1) is 51.7 Å². The average Bonchev–Trinajstić information content (AvgIpc) is 1.72. The van der Waals surface area contributed by atoms with Crippen LogP contribution in [0.25, 0.3) is 0 Å². The van der Waals surface area contributed by atoms with Crippen LogP contribution in [0.15, 0.2) is 55.0 Å². The zero-order chi connectivity index (χ0) is 81.2. The number of aromatic nitrogens is 6. The molecule has 12 heterocycles. The summed E-state index contributed by atoms with van der Waals surface area (Å²) >= 11 is 0. The molecule has 9 amide bonds. The van der Waals surface area contributed by atoms with Gasteiger partial charge in [0.25, 0.3) is 0 Å². The molecule has 0 spiro atoms. The van der Waals surface area contributed by atoms with E-state index in [0.717, 1.165) is 71.9 Å². The number of hydrogen-bond donors (Lipinski definition) is 3. The van der Waals surface area contributed by atoms with Crippen LogP contribution in [0.3, 0.4) is 0 Å². The lowest BCUT2D eigenvalue weighted by Crippen LogP contribution is -2.40.